The molecule has 0 aliphatic heterocycles. The molecule has 1 aromatic carbocycles. The fourth-order valence-electron chi connectivity index (χ4n) is 1.37. The van der Waals surface area contributed by atoms with E-state index in [1.165, 1.54) is 0 Å². The monoisotopic (exact) mass is 261 g/mol. The molecule has 0 atom stereocenters. The summed E-state index contributed by atoms with van der Waals surface area (Å²) >= 11 is 0. The molecule has 0 aliphatic carbocycles. The summed E-state index contributed by atoms with van der Waals surface area (Å²) in [6.45, 7) is 0.343. The largest absolute Gasteiger partial charge is 0.305 e. The van der Waals surface area contributed by atoms with Crippen molar-refractivity contribution in [3.63, 3.8) is 0 Å². The summed E-state index contributed by atoms with van der Waals surface area (Å²) in [5.74, 6) is 5.01. The average Bonchev–Trinajstić information content (AvgIpc) is 2.90. The second-order valence-electron chi connectivity index (χ2n) is 3.41. The molecule has 0 aliphatic rings. The van der Waals surface area contributed by atoms with Crippen molar-refractivity contribution in [1.82, 2.24) is 15.8 Å². The number of aliphatic imine (C=N–C) groups is 1. The maximum atomic E-state index is 9.07. The van der Waals surface area contributed by atoms with Crippen LogP contribution in [0.15, 0.2) is 50.3 Å². The minimum Gasteiger partial charge on any atom is -0.305 e. The molecule has 98 valence electrons. The molecule has 1 aromatic heterocycles. The molecule has 0 spiro atoms. The van der Waals surface area contributed by atoms with Gasteiger partial charge in [-0.05, 0) is 15.9 Å². The Bertz CT molecular complexity index is 579. The Balaban J connectivity index is 2.22. The number of rotatable bonds is 4. The van der Waals surface area contributed by atoms with Crippen molar-refractivity contribution in [1.29, 1.82) is 0 Å². The fourth-order valence-corrected chi connectivity index (χ4v) is 1.37. The van der Waals surface area contributed by atoms with Gasteiger partial charge in [-0.15, -0.1) is 5.11 Å². The summed E-state index contributed by atoms with van der Waals surface area (Å²) < 4.78 is 4.49. The van der Waals surface area contributed by atoms with Gasteiger partial charge in [-0.2, -0.15) is 0 Å². The van der Waals surface area contributed by atoms with Crippen molar-refractivity contribution >= 4 is 11.7 Å². The van der Waals surface area contributed by atoms with E-state index in [4.69, 9.17) is 11.0 Å². The van der Waals surface area contributed by atoms with Gasteiger partial charge in [-0.1, -0.05) is 35.6 Å². The zero-order chi connectivity index (χ0) is 13.5. The highest BCUT2D eigenvalue weighted by Crippen LogP contribution is 2.14. The Labute approximate surface area is 107 Å². The van der Waals surface area contributed by atoms with Crippen LogP contribution in [0.2, 0.25) is 0 Å². The highest BCUT2D eigenvalue weighted by Gasteiger charge is 2.15. The van der Waals surface area contributed by atoms with Crippen LogP contribution in [-0.4, -0.2) is 21.4 Å². The van der Waals surface area contributed by atoms with Crippen LogP contribution in [0.5, 0.6) is 0 Å². The first kappa shape index (κ1) is 12.6. The minimum atomic E-state index is 0.0239. The molecule has 9 heteroatoms. The number of nitrogens with zero attached hydrogens (tertiary/aromatic N) is 5. The summed E-state index contributed by atoms with van der Waals surface area (Å²) in [6.07, 6.45) is 0. The lowest BCUT2D eigenvalue weighted by molar-refractivity contribution is 0.233. The molecule has 9 nitrogen and oxygen atoms in total. The molecule has 2 aromatic rings. The number of benzene rings is 1. The number of amidine groups is 1. The van der Waals surface area contributed by atoms with E-state index >= 15 is 0 Å². The molecule has 0 bridgehead atoms. The van der Waals surface area contributed by atoms with Crippen LogP contribution in [0, 0.1) is 0 Å². The van der Waals surface area contributed by atoms with Gasteiger partial charge in [0.1, 0.15) is 0 Å². The predicted molar refractivity (Wildman–Crippen MR) is 64.6 cm³/mol. The average molecular weight is 261 g/mol. The molecule has 0 unspecified atom stereocenters. The van der Waals surface area contributed by atoms with E-state index < -0.39 is 0 Å². The normalized spacial score (nSPS) is 11.9. The summed E-state index contributed by atoms with van der Waals surface area (Å²) in [6, 6.07) is 9.49. The van der Waals surface area contributed by atoms with Gasteiger partial charge in [0, 0.05) is 0 Å². The summed E-state index contributed by atoms with van der Waals surface area (Å²) in [5, 5.41) is 22.7. The van der Waals surface area contributed by atoms with Crippen molar-refractivity contribution in [2.45, 2.75) is 6.54 Å². The lowest BCUT2D eigenvalue weighted by Gasteiger charge is -2.01. The van der Waals surface area contributed by atoms with Gasteiger partial charge < -0.3 is 5.84 Å². The van der Waals surface area contributed by atoms with Crippen molar-refractivity contribution in [3.05, 3.63) is 41.6 Å². The summed E-state index contributed by atoms with van der Waals surface area (Å²) in [5.41, 5.74) is 3.00. The first-order valence-electron chi connectivity index (χ1n) is 5.27. The van der Waals surface area contributed by atoms with E-state index in [0.717, 1.165) is 5.56 Å². The van der Waals surface area contributed by atoms with Crippen molar-refractivity contribution < 1.29 is 9.84 Å². The number of nitrogens with two attached hydrogens (primary N) is 1. The zero-order valence-corrected chi connectivity index (χ0v) is 9.76. The SMILES string of the molecule is NN=Nc1nonc1C(=NCc1ccccc1)NO. The molecular weight excluding hydrogens is 250 g/mol. The Morgan fingerprint density at radius 1 is 1.32 bits per heavy atom. The van der Waals surface area contributed by atoms with E-state index in [1.54, 1.807) is 0 Å². The second kappa shape index (κ2) is 6.21. The third kappa shape index (κ3) is 3.10. The standard InChI is InChI=1S/C10H11N7O2/c11-17-13-10-8(15-19-16-10)9(14-18)12-6-7-4-2-1-3-5-7/h1-5,18H,6H2,(H,12,14)(H2,11,13,16). The van der Waals surface area contributed by atoms with Crippen molar-refractivity contribution in [3.8, 4) is 0 Å². The quantitative estimate of drug-likeness (QED) is 0.246. The van der Waals surface area contributed by atoms with Crippen LogP contribution >= 0.6 is 0 Å². The number of aromatic nitrogens is 2. The van der Waals surface area contributed by atoms with Crippen LogP contribution in [0.4, 0.5) is 5.82 Å². The van der Waals surface area contributed by atoms with Gasteiger partial charge in [0.15, 0.2) is 11.5 Å². The van der Waals surface area contributed by atoms with Crippen molar-refractivity contribution in [2.24, 2.45) is 21.2 Å². The van der Waals surface area contributed by atoms with E-state index in [9.17, 15) is 0 Å². The topological polar surface area (TPSA) is 134 Å². The smallest absolute Gasteiger partial charge is 0.250 e. The Morgan fingerprint density at radius 2 is 2.11 bits per heavy atom. The molecule has 0 saturated carbocycles. The summed E-state index contributed by atoms with van der Waals surface area (Å²) in [7, 11) is 0. The molecule has 2 rings (SSSR count). The fraction of sp³-hybridized carbons (Fsp3) is 0.100. The zero-order valence-electron chi connectivity index (χ0n) is 9.76. The van der Waals surface area contributed by atoms with E-state index in [-0.39, 0.29) is 17.3 Å². The van der Waals surface area contributed by atoms with Gasteiger partial charge in [0.2, 0.25) is 0 Å². The van der Waals surface area contributed by atoms with Gasteiger partial charge in [-0.25, -0.2) is 4.63 Å². The Morgan fingerprint density at radius 3 is 2.79 bits per heavy atom. The number of nitrogens with one attached hydrogen (secondary N) is 1. The number of hydrogen-bond donors (Lipinski definition) is 3. The van der Waals surface area contributed by atoms with E-state index in [2.05, 4.69) is 30.3 Å². The van der Waals surface area contributed by atoms with Gasteiger partial charge in [-0.3, -0.25) is 15.7 Å². The Hall–Kier alpha value is -2.81. The van der Waals surface area contributed by atoms with Crippen LogP contribution in [0.1, 0.15) is 11.3 Å². The highest BCUT2D eigenvalue weighted by atomic mass is 16.6. The van der Waals surface area contributed by atoms with Crippen LogP contribution in [0.25, 0.3) is 0 Å². The van der Waals surface area contributed by atoms with Crippen LogP contribution in [-0.2, 0) is 6.54 Å². The Kier molecular flexibility index (Phi) is 4.13. The molecule has 0 saturated heterocycles. The molecular formula is C10H11N7O2. The molecule has 19 heavy (non-hydrogen) atoms. The maximum absolute atomic E-state index is 9.07. The molecule has 1 heterocycles. The number of hydrogen-bond acceptors (Lipinski definition) is 7. The summed E-state index contributed by atoms with van der Waals surface area (Å²) in [4.78, 5) is 4.15. The molecule has 0 radical (unpaired) electrons. The van der Waals surface area contributed by atoms with E-state index in [0.29, 0.717) is 6.54 Å². The lowest BCUT2D eigenvalue weighted by Crippen LogP contribution is -2.21. The van der Waals surface area contributed by atoms with E-state index in [1.807, 2.05) is 35.8 Å². The van der Waals surface area contributed by atoms with Gasteiger partial charge in [0.25, 0.3) is 5.82 Å². The van der Waals surface area contributed by atoms with Crippen molar-refractivity contribution in [2.75, 3.05) is 0 Å². The van der Waals surface area contributed by atoms with Crippen LogP contribution < -0.4 is 11.3 Å². The first-order valence-corrected chi connectivity index (χ1v) is 5.27. The predicted octanol–water partition coefficient (Wildman–Crippen LogP) is 0.953. The first-order chi connectivity index (χ1) is 9.35. The minimum absolute atomic E-state index is 0.0239. The maximum Gasteiger partial charge on any atom is 0.250 e. The molecule has 0 fully saturated rings. The lowest BCUT2D eigenvalue weighted by atomic mass is 10.2. The highest BCUT2D eigenvalue weighted by molar-refractivity contribution is 5.99. The second-order valence-corrected chi connectivity index (χ2v) is 3.41. The number of hydroxylamine groups is 1. The third-order valence-electron chi connectivity index (χ3n) is 2.22. The van der Waals surface area contributed by atoms with Gasteiger partial charge in [0.05, 0.1) is 6.54 Å². The van der Waals surface area contributed by atoms with Crippen LogP contribution in [0.3, 0.4) is 0 Å². The molecule has 0 amide bonds. The molecule has 4 N–H and O–H groups in total. The third-order valence-corrected chi connectivity index (χ3v) is 2.22. The van der Waals surface area contributed by atoms with Gasteiger partial charge >= 0.3 is 0 Å².